The van der Waals surface area contributed by atoms with Gasteiger partial charge in [-0.15, -0.1) is 0 Å². The largest absolute Gasteiger partial charge is 0.493 e. The third-order valence-electron chi connectivity index (χ3n) is 6.31. The highest BCUT2D eigenvalue weighted by Crippen LogP contribution is 2.55. The summed E-state index contributed by atoms with van der Waals surface area (Å²) in [4.78, 5) is 16.6. The fourth-order valence-electron chi connectivity index (χ4n) is 4.14. The molecular formula is C22H21F8N3O5S. The molecule has 216 valence electrons. The van der Waals surface area contributed by atoms with Crippen molar-refractivity contribution in [1.29, 1.82) is 0 Å². The number of pyridine rings is 1. The number of carbonyl (C=O) groups is 1. The molecule has 0 unspecified atom stereocenters. The number of nitrogens with one attached hydrogen (secondary N) is 2. The summed E-state index contributed by atoms with van der Waals surface area (Å²) in [5.41, 5.74) is -3.61. The molecule has 8 nitrogen and oxygen atoms in total. The number of methoxy groups -OCH3 is 1. The van der Waals surface area contributed by atoms with Gasteiger partial charge in [0, 0.05) is 35.3 Å². The second kappa shape index (κ2) is 10.5. The lowest BCUT2D eigenvalue weighted by Crippen LogP contribution is -2.47. The molecule has 1 aliphatic rings. The number of amides is 1. The summed E-state index contributed by atoms with van der Waals surface area (Å²) >= 11 is 0. The number of ether oxygens (including phenoxy) is 2. The maximum Gasteiger partial charge on any atom is 0.417 e. The molecule has 1 aliphatic heterocycles. The van der Waals surface area contributed by atoms with Crippen LogP contribution in [-0.2, 0) is 19.6 Å². The molecule has 2 N–H and O–H groups in total. The average molecular weight is 591 g/mol. The number of halogens is 8. The summed E-state index contributed by atoms with van der Waals surface area (Å²) in [6.45, 7) is -0.140. The first kappa shape index (κ1) is 30.5. The Hall–Kier alpha value is -3.05. The zero-order valence-electron chi connectivity index (χ0n) is 20.2. The second-order valence-corrected chi connectivity index (χ2v) is 10.5. The first-order valence-electron chi connectivity index (χ1n) is 10.9. The third-order valence-corrected chi connectivity index (χ3v) is 7.61. The molecule has 1 aromatic heterocycles. The Morgan fingerprint density at radius 3 is 2.36 bits per heavy atom. The van der Waals surface area contributed by atoms with Crippen molar-refractivity contribution >= 4 is 21.6 Å². The Balaban J connectivity index is 2.00. The van der Waals surface area contributed by atoms with E-state index in [1.54, 1.807) is 0 Å². The van der Waals surface area contributed by atoms with Crippen molar-refractivity contribution < 1.29 is 57.8 Å². The van der Waals surface area contributed by atoms with Crippen LogP contribution in [0.1, 0.15) is 25.3 Å². The fraction of sp³-hybridized carbons (Fsp3) is 0.455. The smallest absolute Gasteiger partial charge is 0.417 e. The maximum absolute atomic E-state index is 14.4. The molecule has 1 aromatic carbocycles. The number of nitrogens with zero attached hydrogens (tertiary/aromatic N) is 1. The van der Waals surface area contributed by atoms with E-state index < -0.39 is 80.8 Å². The van der Waals surface area contributed by atoms with Crippen LogP contribution in [-0.4, -0.2) is 57.0 Å². The molecule has 0 radical (unpaired) electrons. The maximum atomic E-state index is 14.4. The molecule has 39 heavy (non-hydrogen) atoms. The van der Waals surface area contributed by atoms with Gasteiger partial charge in [0.15, 0.2) is 22.2 Å². The minimum atomic E-state index is -5.02. The number of alkyl halides is 6. The van der Waals surface area contributed by atoms with Gasteiger partial charge in [-0.3, -0.25) is 4.79 Å². The van der Waals surface area contributed by atoms with Crippen molar-refractivity contribution in [3.8, 4) is 5.75 Å². The van der Waals surface area contributed by atoms with Crippen molar-refractivity contribution in [3.63, 3.8) is 0 Å². The number of benzene rings is 1. The van der Waals surface area contributed by atoms with Crippen molar-refractivity contribution in [3.05, 3.63) is 47.7 Å². The molecule has 0 bridgehead atoms. The van der Waals surface area contributed by atoms with Crippen molar-refractivity contribution in [2.24, 2.45) is 5.92 Å². The number of carbonyl (C=O) groups excluding carboxylic acids is 1. The molecule has 2 aromatic rings. The summed E-state index contributed by atoms with van der Waals surface area (Å²) in [6, 6.07) is 3.29. The monoisotopic (exact) mass is 591 g/mol. The first-order valence-corrected chi connectivity index (χ1v) is 12.4. The van der Waals surface area contributed by atoms with Gasteiger partial charge >= 0.3 is 12.4 Å². The van der Waals surface area contributed by atoms with Crippen molar-refractivity contribution in [2.75, 3.05) is 19.0 Å². The van der Waals surface area contributed by atoms with E-state index in [0.717, 1.165) is 32.4 Å². The molecule has 0 aliphatic carbocycles. The van der Waals surface area contributed by atoms with Gasteiger partial charge in [0.2, 0.25) is 5.82 Å². The lowest BCUT2D eigenvalue weighted by molar-refractivity contribution is -0.272. The zero-order chi connectivity index (χ0) is 29.6. The zero-order valence-corrected chi connectivity index (χ0v) is 21.1. The first-order chi connectivity index (χ1) is 17.8. The number of hydrogen-bond donors (Lipinski definition) is 2. The SMILES string of the molecule is COc1c([C@H]2[C@H](C(=O)Nc3ccnc(S(=O)(=O)NCC(F)(F)F)c3)O[C@@](C)(C(F)(F)F)[C@H]2C)ccc(F)c1F. The molecule has 1 amide bonds. The van der Waals surface area contributed by atoms with Crippen LogP contribution in [0.5, 0.6) is 5.75 Å². The number of sulfonamides is 1. The minimum Gasteiger partial charge on any atom is -0.493 e. The molecule has 2 heterocycles. The predicted molar refractivity (Wildman–Crippen MR) is 118 cm³/mol. The molecule has 1 fully saturated rings. The molecule has 0 saturated carbocycles. The van der Waals surface area contributed by atoms with Gasteiger partial charge in [0.25, 0.3) is 15.9 Å². The minimum absolute atomic E-state index is 0.300. The van der Waals surface area contributed by atoms with Gasteiger partial charge in [-0.2, -0.15) is 30.7 Å². The van der Waals surface area contributed by atoms with Gasteiger partial charge in [-0.25, -0.2) is 22.5 Å². The van der Waals surface area contributed by atoms with Crippen LogP contribution in [0.25, 0.3) is 0 Å². The molecule has 17 heteroatoms. The highest BCUT2D eigenvalue weighted by molar-refractivity contribution is 7.89. The van der Waals surface area contributed by atoms with Crippen LogP contribution in [0, 0.1) is 17.6 Å². The molecule has 0 spiro atoms. The van der Waals surface area contributed by atoms with E-state index >= 15 is 0 Å². The summed E-state index contributed by atoms with van der Waals surface area (Å²) in [5.74, 6) is -7.94. The van der Waals surface area contributed by atoms with Crippen LogP contribution >= 0.6 is 0 Å². The quantitative estimate of drug-likeness (QED) is 0.466. The van der Waals surface area contributed by atoms with Gasteiger partial charge in [0.05, 0.1) is 7.11 Å². The fourth-order valence-corrected chi connectivity index (χ4v) is 5.12. The standard InChI is InChI=1S/C22H21F8N3O5S/c1-10-15(12-4-5-13(23)16(24)17(12)37-3)18(38-20(10,2)22(28,29)30)19(34)33-11-6-7-31-14(8-11)39(35,36)32-9-21(25,26)27/h4-8,10,15,18,32H,9H2,1-3H3,(H,31,33,34)/t10-,15-,18+,20+/m0/s1. The van der Waals surface area contributed by atoms with E-state index in [0.29, 0.717) is 19.1 Å². The van der Waals surface area contributed by atoms with E-state index in [1.165, 1.54) is 4.72 Å². The van der Waals surface area contributed by atoms with E-state index in [9.17, 15) is 48.3 Å². The topological polar surface area (TPSA) is 107 Å². The van der Waals surface area contributed by atoms with Crippen LogP contribution in [0.4, 0.5) is 40.8 Å². The van der Waals surface area contributed by atoms with Crippen LogP contribution in [0.3, 0.4) is 0 Å². The Bertz CT molecular complexity index is 1350. The molecule has 4 atom stereocenters. The Kier molecular flexibility index (Phi) is 8.21. The molecule has 1 saturated heterocycles. The van der Waals surface area contributed by atoms with Gasteiger partial charge < -0.3 is 14.8 Å². The molecule has 3 rings (SSSR count). The van der Waals surface area contributed by atoms with E-state index in [-0.39, 0.29) is 11.3 Å². The normalized spacial score (nSPS) is 24.0. The van der Waals surface area contributed by atoms with E-state index in [2.05, 4.69) is 10.3 Å². The lowest BCUT2D eigenvalue weighted by Gasteiger charge is -2.32. The summed E-state index contributed by atoms with van der Waals surface area (Å²) in [5, 5.41) is 1.22. The van der Waals surface area contributed by atoms with E-state index in [4.69, 9.17) is 9.47 Å². The predicted octanol–water partition coefficient (Wildman–Crippen LogP) is 4.29. The number of hydrogen-bond acceptors (Lipinski definition) is 6. The number of rotatable bonds is 7. The van der Waals surface area contributed by atoms with Crippen LogP contribution in [0.15, 0.2) is 35.5 Å². The van der Waals surface area contributed by atoms with Gasteiger partial charge in [-0.05, 0) is 19.1 Å². The average Bonchev–Trinajstić information content (AvgIpc) is 3.11. The third kappa shape index (κ3) is 6.09. The van der Waals surface area contributed by atoms with Crippen molar-refractivity contribution in [2.45, 2.75) is 48.8 Å². The highest BCUT2D eigenvalue weighted by Gasteiger charge is 2.66. The van der Waals surface area contributed by atoms with E-state index in [1.807, 2.05) is 0 Å². The van der Waals surface area contributed by atoms with Gasteiger partial charge in [-0.1, -0.05) is 13.0 Å². The molecular weight excluding hydrogens is 570 g/mol. The Morgan fingerprint density at radius 1 is 1.15 bits per heavy atom. The summed E-state index contributed by atoms with van der Waals surface area (Å²) in [6.07, 6.45) is -11.1. The second-order valence-electron chi connectivity index (χ2n) is 8.75. The summed E-state index contributed by atoms with van der Waals surface area (Å²) in [7, 11) is -3.85. The van der Waals surface area contributed by atoms with Gasteiger partial charge in [0.1, 0.15) is 12.6 Å². The lowest BCUT2D eigenvalue weighted by atomic mass is 9.77. The Labute approximate surface area is 216 Å². The highest BCUT2D eigenvalue weighted by atomic mass is 32.2. The number of aromatic nitrogens is 1. The van der Waals surface area contributed by atoms with Crippen molar-refractivity contribution in [1.82, 2.24) is 9.71 Å². The number of anilines is 1. The van der Waals surface area contributed by atoms with Crippen LogP contribution < -0.4 is 14.8 Å². The summed E-state index contributed by atoms with van der Waals surface area (Å²) < 4.78 is 143. The van der Waals surface area contributed by atoms with Crippen LogP contribution in [0.2, 0.25) is 0 Å². The Morgan fingerprint density at radius 2 is 1.79 bits per heavy atom.